The number of carbonyl (C=O) groups excluding carboxylic acids is 2. The van der Waals surface area contributed by atoms with Crippen LogP contribution in [0.15, 0.2) is 24.3 Å². The summed E-state index contributed by atoms with van der Waals surface area (Å²) in [6, 6.07) is 7.16. The molecule has 0 aromatic heterocycles. The van der Waals surface area contributed by atoms with Gasteiger partial charge in [-0.05, 0) is 30.7 Å². The van der Waals surface area contributed by atoms with E-state index in [1.165, 1.54) is 6.92 Å². The highest BCUT2D eigenvalue weighted by Gasteiger charge is 2.00. The lowest BCUT2D eigenvalue weighted by atomic mass is 10.3. The van der Waals surface area contributed by atoms with E-state index in [-0.39, 0.29) is 18.5 Å². The first-order valence-corrected chi connectivity index (χ1v) is 11.7. The second kappa shape index (κ2) is 21.3. The molecule has 10 heteroatoms. The Labute approximate surface area is 202 Å². The summed E-state index contributed by atoms with van der Waals surface area (Å²) >= 11 is 0. The maximum absolute atomic E-state index is 11.1. The van der Waals surface area contributed by atoms with Crippen molar-refractivity contribution in [2.75, 3.05) is 84.6 Å². The van der Waals surface area contributed by atoms with Gasteiger partial charge in [0.25, 0.3) is 0 Å². The molecule has 0 spiro atoms. The van der Waals surface area contributed by atoms with Gasteiger partial charge in [-0.3, -0.25) is 9.59 Å². The Kier molecular flexibility index (Phi) is 18.7. The van der Waals surface area contributed by atoms with Gasteiger partial charge in [-0.1, -0.05) is 6.92 Å². The number of nitrogens with one attached hydrogen (secondary N) is 1. The minimum Gasteiger partial charge on any atom is -0.491 e. The molecule has 0 bridgehead atoms. The lowest BCUT2D eigenvalue weighted by Gasteiger charge is -2.09. The zero-order valence-electron chi connectivity index (χ0n) is 20.4. The Hall–Kier alpha value is -2.24. The molecule has 1 rings (SSSR count). The first-order chi connectivity index (χ1) is 16.6. The molecule has 1 N–H and O–H groups in total. The molecule has 1 aromatic carbocycles. The summed E-state index contributed by atoms with van der Waals surface area (Å²) in [5.41, 5.74) is 0.731. The highest BCUT2D eigenvalue weighted by Crippen LogP contribution is 2.15. The van der Waals surface area contributed by atoms with Crippen molar-refractivity contribution in [2.45, 2.75) is 26.7 Å². The Balaban J connectivity index is 1.76. The Bertz CT molecular complexity index is 640. The van der Waals surface area contributed by atoms with Gasteiger partial charge in [0.1, 0.15) is 19.0 Å². The van der Waals surface area contributed by atoms with Gasteiger partial charge in [0.2, 0.25) is 5.91 Å². The smallest absolute Gasteiger partial charge is 0.305 e. The molecule has 194 valence electrons. The zero-order chi connectivity index (χ0) is 24.7. The maximum Gasteiger partial charge on any atom is 0.305 e. The van der Waals surface area contributed by atoms with Gasteiger partial charge in [-0.2, -0.15) is 0 Å². The van der Waals surface area contributed by atoms with Gasteiger partial charge < -0.3 is 38.5 Å². The van der Waals surface area contributed by atoms with Crippen molar-refractivity contribution in [1.29, 1.82) is 0 Å². The minimum atomic E-state index is -0.190. The number of amides is 1. The fourth-order valence-electron chi connectivity index (χ4n) is 2.53. The number of benzene rings is 1. The van der Waals surface area contributed by atoms with Crippen molar-refractivity contribution in [3.63, 3.8) is 0 Å². The molecule has 0 unspecified atom stereocenters. The molecule has 0 fully saturated rings. The summed E-state index contributed by atoms with van der Waals surface area (Å²) in [6.45, 7) is 8.74. The van der Waals surface area contributed by atoms with Crippen molar-refractivity contribution in [1.82, 2.24) is 0 Å². The first kappa shape index (κ1) is 29.8. The fraction of sp³-hybridized carbons (Fsp3) is 0.667. The molecule has 0 saturated heterocycles. The third-order valence-electron chi connectivity index (χ3n) is 4.10. The highest BCUT2D eigenvalue weighted by molar-refractivity contribution is 5.88. The lowest BCUT2D eigenvalue weighted by molar-refractivity contribution is -0.145. The molecule has 0 saturated carbocycles. The second-order valence-electron chi connectivity index (χ2n) is 7.09. The van der Waals surface area contributed by atoms with E-state index >= 15 is 0 Å². The van der Waals surface area contributed by atoms with E-state index < -0.39 is 0 Å². The number of hydrogen-bond donors (Lipinski definition) is 1. The molecule has 1 amide bonds. The van der Waals surface area contributed by atoms with Crippen LogP contribution < -0.4 is 10.1 Å². The Morgan fingerprint density at radius 1 is 0.676 bits per heavy atom. The van der Waals surface area contributed by atoms with E-state index in [4.69, 9.17) is 33.2 Å². The number of rotatable bonds is 22. The van der Waals surface area contributed by atoms with Gasteiger partial charge in [-0.15, -0.1) is 0 Å². The van der Waals surface area contributed by atoms with Crippen LogP contribution in [-0.4, -0.2) is 91.2 Å². The van der Waals surface area contributed by atoms with Crippen LogP contribution in [0.5, 0.6) is 5.75 Å². The molecular weight excluding hydrogens is 446 g/mol. The summed E-state index contributed by atoms with van der Waals surface area (Å²) < 4.78 is 37.6. The fourth-order valence-corrected chi connectivity index (χ4v) is 2.53. The van der Waals surface area contributed by atoms with E-state index in [0.29, 0.717) is 84.8 Å². The molecule has 0 aliphatic rings. The van der Waals surface area contributed by atoms with Gasteiger partial charge in [-0.25, -0.2) is 0 Å². The third-order valence-corrected chi connectivity index (χ3v) is 4.10. The van der Waals surface area contributed by atoms with Crippen LogP contribution in [-0.2, 0) is 38.0 Å². The van der Waals surface area contributed by atoms with Crippen molar-refractivity contribution >= 4 is 17.6 Å². The molecule has 10 nitrogen and oxygen atoms in total. The molecule has 0 heterocycles. The van der Waals surface area contributed by atoms with Gasteiger partial charge in [0.15, 0.2) is 0 Å². The molecule has 1 aromatic rings. The first-order valence-electron chi connectivity index (χ1n) is 11.7. The summed E-state index contributed by atoms with van der Waals surface area (Å²) in [7, 11) is 0. The summed E-state index contributed by atoms with van der Waals surface area (Å²) in [5, 5.41) is 2.70. The van der Waals surface area contributed by atoms with Gasteiger partial charge >= 0.3 is 5.97 Å². The largest absolute Gasteiger partial charge is 0.491 e. The summed E-state index contributed by atoms with van der Waals surface area (Å²) in [4.78, 5) is 22.1. The van der Waals surface area contributed by atoms with E-state index in [1.54, 1.807) is 24.3 Å². The third kappa shape index (κ3) is 18.2. The monoisotopic (exact) mass is 485 g/mol. The Morgan fingerprint density at radius 2 is 1.12 bits per heavy atom. The predicted octanol–water partition coefficient (Wildman–Crippen LogP) is 2.45. The number of hydrogen-bond acceptors (Lipinski definition) is 9. The molecular formula is C24H39NO9. The molecule has 0 atom stereocenters. The normalized spacial score (nSPS) is 10.8. The van der Waals surface area contributed by atoms with Crippen LogP contribution in [0.1, 0.15) is 26.7 Å². The van der Waals surface area contributed by atoms with E-state index in [9.17, 15) is 9.59 Å². The predicted molar refractivity (Wildman–Crippen MR) is 126 cm³/mol. The average Bonchev–Trinajstić information content (AvgIpc) is 2.81. The maximum atomic E-state index is 11.1. The van der Waals surface area contributed by atoms with Crippen LogP contribution >= 0.6 is 0 Å². The summed E-state index contributed by atoms with van der Waals surface area (Å²) in [6.07, 6.45) is 1.23. The van der Waals surface area contributed by atoms with Crippen molar-refractivity contribution in [3.05, 3.63) is 24.3 Å². The molecule has 0 aliphatic carbocycles. The number of ether oxygens (including phenoxy) is 7. The quantitative estimate of drug-likeness (QED) is 0.196. The molecule has 0 aliphatic heterocycles. The van der Waals surface area contributed by atoms with Crippen LogP contribution in [0, 0.1) is 0 Å². The van der Waals surface area contributed by atoms with Crippen molar-refractivity contribution < 1.29 is 42.7 Å². The van der Waals surface area contributed by atoms with Crippen LogP contribution in [0.3, 0.4) is 0 Å². The summed E-state index contributed by atoms with van der Waals surface area (Å²) in [5.74, 6) is 0.418. The number of carbonyl (C=O) groups is 2. The van der Waals surface area contributed by atoms with Crippen molar-refractivity contribution in [3.8, 4) is 5.75 Å². The van der Waals surface area contributed by atoms with Crippen LogP contribution in [0.2, 0.25) is 0 Å². The van der Waals surface area contributed by atoms with Crippen LogP contribution in [0.4, 0.5) is 5.69 Å². The lowest BCUT2D eigenvalue weighted by Crippen LogP contribution is -2.15. The van der Waals surface area contributed by atoms with Crippen molar-refractivity contribution in [2.24, 2.45) is 0 Å². The Morgan fingerprint density at radius 3 is 1.56 bits per heavy atom. The topological polar surface area (TPSA) is 111 Å². The van der Waals surface area contributed by atoms with Gasteiger partial charge in [0, 0.05) is 19.0 Å². The standard InChI is InChI=1S/C24H39NO9/c1-3-4-24(27)34-20-18-32-16-14-30-12-10-28-9-11-29-13-15-31-17-19-33-23-7-5-22(6-8-23)25-21(2)26/h5-8H,3-4,9-20H2,1-2H3,(H,25,26). The zero-order valence-corrected chi connectivity index (χ0v) is 20.4. The van der Waals surface area contributed by atoms with E-state index in [0.717, 1.165) is 12.1 Å². The number of esters is 1. The van der Waals surface area contributed by atoms with Gasteiger partial charge in [0.05, 0.1) is 66.1 Å². The average molecular weight is 486 g/mol. The second-order valence-corrected chi connectivity index (χ2v) is 7.09. The SMILES string of the molecule is CCCC(=O)OCCOCCOCCOCCOCCOCCOc1ccc(NC(C)=O)cc1. The highest BCUT2D eigenvalue weighted by atomic mass is 16.6. The minimum absolute atomic E-state index is 0.108. The molecule has 34 heavy (non-hydrogen) atoms. The van der Waals surface area contributed by atoms with E-state index in [1.807, 2.05) is 6.92 Å². The van der Waals surface area contributed by atoms with Crippen LogP contribution in [0.25, 0.3) is 0 Å². The molecule has 0 radical (unpaired) electrons. The number of anilines is 1. The van der Waals surface area contributed by atoms with E-state index in [2.05, 4.69) is 5.32 Å².